The molecule has 100 valence electrons. The number of carboxylic acid groups (broad SMARTS) is 1. The van der Waals surface area contributed by atoms with Crippen LogP contribution in [0.3, 0.4) is 0 Å². The van der Waals surface area contributed by atoms with Gasteiger partial charge >= 0.3 is 5.97 Å². The van der Waals surface area contributed by atoms with E-state index in [9.17, 15) is 4.79 Å². The number of rotatable bonds is 7. The van der Waals surface area contributed by atoms with E-state index in [1.54, 1.807) is 0 Å². The number of carboxylic acids is 1. The van der Waals surface area contributed by atoms with Gasteiger partial charge in [-0.1, -0.05) is 6.42 Å². The van der Waals surface area contributed by atoms with Gasteiger partial charge in [0.05, 0.1) is 12.0 Å². The molecule has 17 heavy (non-hydrogen) atoms. The molecule has 1 rings (SSSR count). The van der Waals surface area contributed by atoms with Crippen molar-refractivity contribution in [1.82, 2.24) is 5.32 Å². The molecule has 2 unspecified atom stereocenters. The summed E-state index contributed by atoms with van der Waals surface area (Å²) in [7, 11) is 0. The molecule has 2 N–H and O–H groups in total. The van der Waals surface area contributed by atoms with Crippen molar-refractivity contribution in [3.63, 3.8) is 0 Å². The summed E-state index contributed by atoms with van der Waals surface area (Å²) >= 11 is 0. The van der Waals surface area contributed by atoms with Crippen molar-refractivity contribution in [2.45, 2.75) is 58.1 Å². The molecule has 0 heterocycles. The number of aliphatic carboxylic acids is 1. The number of carbonyl (C=O) groups is 1. The average Bonchev–Trinajstić information content (AvgIpc) is 2.28. The first kappa shape index (κ1) is 14.5. The molecule has 0 saturated heterocycles. The standard InChI is InChI=1S/C13H25NO3/c1-10(2)17-8-4-7-14-12-6-3-5-11(9-12)13(15)16/h10-12,14H,3-9H2,1-2H3,(H,15,16). The van der Waals surface area contributed by atoms with Crippen LogP contribution < -0.4 is 5.32 Å². The monoisotopic (exact) mass is 243 g/mol. The number of hydrogen-bond acceptors (Lipinski definition) is 3. The van der Waals surface area contributed by atoms with Crippen molar-refractivity contribution in [2.75, 3.05) is 13.2 Å². The molecule has 0 aromatic rings. The van der Waals surface area contributed by atoms with Gasteiger partial charge in [0.2, 0.25) is 0 Å². The molecule has 4 nitrogen and oxygen atoms in total. The summed E-state index contributed by atoms with van der Waals surface area (Å²) in [5.41, 5.74) is 0. The summed E-state index contributed by atoms with van der Waals surface area (Å²) in [6, 6.07) is 0.379. The van der Waals surface area contributed by atoms with E-state index >= 15 is 0 Å². The Morgan fingerprint density at radius 2 is 2.24 bits per heavy atom. The van der Waals surface area contributed by atoms with Gasteiger partial charge in [-0.25, -0.2) is 0 Å². The van der Waals surface area contributed by atoms with Crippen LogP contribution in [0.1, 0.15) is 46.0 Å². The van der Waals surface area contributed by atoms with Gasteiger partial charge in [-0.3, -0.25) is 4.79 Å². The third kappa shape index (κ3) is 6.03. The SMILES string of the molecule is CC(C)OCCCNC1CCCC(C(=O)O)C1. The molecule has 0 amide bonds. The zero-order valence-corrected chi connectivity index (χ0v) is 10.9. The summed E-state index contributed by atoms with van der Waals surface area (Å²) in [5, 5.41) is 12.4. The lowest BCUT2D eigenvalue weighted by molar-refractivity contribution is -0.143. The van der Waals surface area contributed by atoms with Crippen LogP contribution in [0.15, 0.2) is 0 Å². The molecular formula is C13H25NO3. The zero-order valence-electron chi connectivity index (χ0n) is 10.9. The fourth-order valence-corrected chi connectivity index (χ4v) is 2.30. The largest absolute Gasteiger partial charge is 0.481 e. The van der Waals surface area contributed by atoms with Crippen LogP contribution in [0.2, 0.25) is 0 Å². The first-order valence-electron chi connectivity index (χ1n) is 6.67. The van der Waals surface area contributed by atoms with Gasteiger partial charge in [0.15, 0.2) is 0 Å². The molecule has 0 aromatic carbocycles. The Bertz CT molecular complexity index is 231. The van der Waals surface area contributed by atoms with Gasteiger partial charge in [-0.15, -0.1) is 0 Å². The molecule has 1 aliphatic rings. The van der Waals surface area contributed by atoms with E-state index in [0.29, 0.717) is 12.1 Å². The minimum atomic E-state index is -0.639. The molecule has 0 aliphatic heterocycles. The van der Waals surface area contributed by atoms with E-state index in [1.165, 1.54) is 0 Å². The molecule has 1 saturated carbocycles. The lowest BCUT2D eigenvalue weighted by atomic mass is 9.86. The van der Waals surface area contributed by atoms with Crippen molar-refractivity contribution in [3.05, 3.63) is 0 Å². The van der Waals surface area contributed by atoms with Crippen LogP contribution >= 0.6 is 0 Å². The third-order valence-corrected chi connectivity index (χ3v) is 3.23. The van der Waals surface area contributed by atoms with E-state index in [-0.39, 0.29) is 5.92 Å². The normalized spacial score (nSPS) is 25.1. The molecule has 0 spiro atoms. The van der Waals surface area contributed by atoms with Crippen molar-refractivity contribution in [2.24, 2.45) is 5.92 Å². The van der Waals surface area contributed by atoms with E-state index in [1.807, 2.05) is 13.8 Å². The highest BCUT2D eigenvalue weighted by molar-refractivity contribution is 5.70. The predicted octanol–water partition coefficient (Wildman–Crippen LogP) is 2.03. The number of ether oxygens (including phenoxy) is 1. The van der Waals surface area contributed by atoms with Crippen molar-refractivity contribution in [1.29, 1.82) is 0 Å². The lowest BCUT2D eigenvalue weighted by Gasteiger charge is -2.27. The van der Waals surface area contributed by atoms with Crippen LogP contribution in [0, 0.1) is 5.92 Å². The number of nitrogens with one attached hydrogen (secondary N) is 1. The van der Waals surface area contributed by atoms with Crippen LogP contribution in [-0.2, 0) is 9.53 Å². The van der Waals surface area contributed by atoms with Crippen LogP contribution in [0.5, 0.6) is 0 Å². The summed E-state index contributed by atoms with van der Waals surface area (Å²) in [5.74, 6) is -0.784. The first-order chi connectivity index (χ1) is 8.09. The molecule has 0 radical (unpaired) electrons. The van der Waals surface area contributed by atoms with Gasteiger partial charge < -0.3 is 15.2 Å². The summed E-state index contributed by atoms with van der Waals surface area (Å²) in [4.78, 5) is 10.9. The Morgan fingerprint density at radius 3 is 2.88 bits per heavy atom. The summed E-state index contributed by atoms with van der Waals surface area (Å²) in [6.07, 6.45) is 5.03. The van der Waals surface area contributed by atoms with Gasteiger partial charge in [0.1, 0.15) is 0 Å². The Hall–Kier alpha value is -0.610. The van der Waals surface area contributed by atoms with Crippen LogP contribution in [0.25, 0.3) is 0 Å². The predicted molar refractivity (Wildman–Crippen MR) is 67.1 cm³/mol. The van der Waals surface area contributed by atoms with E-state index in [4.69, 9.17) is 9.84 Å². The Balaban J connectivity index is 2.08. The Morgan fingerprint density at radius 1 is 1.47 bits per heavy atom. The average molecular weight is 243 g/mol. The topological polar surface area (TPSA) is 58.6 Å². The van der Waals surface area contributed by atoms with Crippen molar-refractivity contribution >= 4 is 5.97 Å². The van der Waals surface area contributed by atoms with Gasteiger partial charge in [-0.05, 0) is 46.1 Å². The summed E-state index contributed by atoms with van der Waals surface area (Å²) < 4.78 is 5.46. The second-order valence-electron chi connectivity index (χ2n) is 5.13. The van der Waals surface area contributed by atoms with Gasteiger partial charge in [0, 0.05) is 12.6 Å². The Kier molecular flexibility index (Phi) is 6.52. The first-order valence-corrected chi connectivity index (χ1v) is 6.67. The molecule has 0 bridgehead atoms. The summed E-state index contributed by atoms with van der Waals surface area (Å²) in [6.45, 7) is 5.77. The highest BCUT2D eigenvalue weighted by Crippen LogP contribution is 2.24. The highest BCUT2D eigenvalue weighted by Gasteiger charge is 2.26. The molecule has 2 atom stereocenters. The second-order valence-corrected chi connectivity index (χ2v) is 5.13. The maximum Gasteiger partial charge on any atom is 0.306 e. The fraction of sp³-hybridized carbons (Fsp3) is 0.923. The highest BCUT2D eigenvalue weighted by atomic mass is 16.5. The van der Waals surface area contributed by atoms with Crippen LogP contribution in [0.4, 0.5) is 0 Å². The molecule has 0 aromatic heterocycles. The van der Waals surface area contributed by atoms with E-state index < -0.39 is 5.97 Å². The quantitative estimate of drug-likeness (QED) is 0.672. The molecule has 1 aliphatic carbocycles. The van der Waals surface area contributed by atoms with Gasteiger partial charge in [-0.2, -0.15) is 0 Å². The molecular weight excluding hydrogens is 218 g/mol. The number of hydrogen-bond donors (Lipinski definition) is 2. The Labute approximate surface area is 104 Å². The zero-order chi connectivity index (χ0) is 12.7. The fourth-order valence-electron chi connectivity index (χ4n) is 2.30. The third-order valence-electron chi connectivity index (χ3n) is 3.23. The maximum absolute atomic E-state index is 10.9. The maximum atomic E-state index is 10.9. The van der Waals surface area contributed by atoms with E-state index in [2.05, 4.69) is 5.32 Å². The lowest BCUT2D eigenvalue weighted by Crippen LogP contribution is -2.37. The van der Waals surface area contributed by atoms with E-state index in [0.717, 1.165) is 45.3 Å². The second kappa shape index (κ2) is 7.67. The van der Waals surface area contributed by atoms with Crippen LogP contribution in [-0.4, -0.2) is 36.4 Å². The van der Waals surface area contributed by atoms with Crippen molar-refractivity contribution in [3.8, 4) is 0 Å². The minimum Gasteiger partial charge on any atom is -0.481 e. The van der Waals surface area contributed by atoms with Gasteiger partial charge in [0.25, 0.3) is 0 Å². The molecule has 1 fully saturated rings. The smallest absolute Gasteiger partial charge is 0.306 e. The van der Waals surface area contributed by atoms with Crippen molar-refractivity contribution < 1.29 is 14.6 Å². The minimum absolute atomic E-state index is 0.145. The molecule has 4 heteroatoms.